The Bertz CT molecular complexity index is 451. The van der Waals surface area contributed by atoms with E-state index in [1.165, 1.54) is 0 Å². The SMILES string of the molecule is CCOc1cccc(N)c1C(=O)N(C)C(C)CCSC. The highest BCUT2D eigenvalue weighted by Gasteiger charge is 2.22. The van der Waals surface area contributed by atoms with Crippen molar-refractivity contribution >= 4 is 23.4 Å². The molecule has 0 saturated heterocycles. The van der Waals surface area contributed by atoms with Crippen LogP contribution in [-0.2, 0) is 0 Å². The summed E-state index contributed by atoms with van der Waals surface area (Å²) in [6.45, 7) is 4.45. The van der Waals surface area contributed by atoms with Crippen molar-refractivity contribution in [1.82, 2.24) is 4.90 Å². The third-order valence-corrected chi connectivity index (χ3v) is 3.94. The molecule has 1 amide bonds. The van der Waals surface area contributed by atoms with Gasteiger partial charge in [0.1, 0.15) is 11.3 Å². The number of hydrogen-bond acceptors (Lipinski definition) is 4. The molecule has 0 spiro atoms. The van der Waals surface area contributed by atoms with Gasteiger partial charge < -0.3 is 15.4 Å². The molecule has 0 aliphatic rings. The Morgan fingerprint density at radius 1 is 1.50 bits per heavy atom. The first-order chi connectivity index (χ1) is 9.52. The van der Waals surface area contributed by atoms with Gasteiger partial charge >= 0.3 is 0 Å². The molecular weight excluding hydrogens is 272 g/mol. The zero-order chi connectivity index (χ0) is 15.1. The Morgan fingerprint density at radius 2 is 2.20 bits per heavy atom. The number of benzene rings is 1. The molecule has 1 unspecified atom stereocenters. The van der Waals surface area contributed by atoms with Crippen LogP contribution in [0.1, 0.15) is 30.6 Å². The van der Waals surface area contributed by atoms with Crippen molar-refractivity contribution in [3.8, 4) is 5.75 Å². The molecular formula is C15H24N2O2S. The van der Waals surface area contributed by atoms with Crippen LogP contribution in [0.4, 0.5) is 5.69 Å². The number of nitrogens with zero attached hydrogens (tertiary/aromatic N) is 1. The molecule has 1 aromatic rings. The molecule has 1 aromatic carbocycles. The normalized spacial score (nSPS) is 12.0. The maximum atomic E-state index is 12.6. The van der Waals surface area contributed by atoms with E-state index in [9.17, 15) is 4.79 Å². The standard InChI is InChI=1S/C15H24N2O2S/c1-5-19-13-8-6-7-12(16)14(13)15(18)17(3)11(2)9-10-20-4/h6-8,11H,5,9-10,16H2,1-4H3. The van der Waals surface area contributed by atoms with Crippen LogP contribution in [-0.4, -0.2) is 42.5 Å². The van der Waals surface area contributed by atoms with E-state index in [4.69, 9.17) is 10.5 Å². The third kappa shape index (κ3) is 4.07. The second kappa shape index (κ2) is 8.04. The number of rotatable bonds is 7. The first-order valence-electron chi connectivity index (χ1n) is 6.80. The van der Waals surface area contributed by atoms with E-state index in [0.29, 0.717) is 23.6 Å². The minimum atomic E-state index is -0.0832. The number of ether oxygens (including phenoxy) is 1. The number of amides is 1. The van der Waals surface area contributed by atoms with E-state index in [2.05, 4.69) is 6.26 Å². The lowest BCUT2D eigenvalue weighted by Gasteiger charge is -2.26. The molecule has 1 atom stereocenters. The molecule has 1 rings (SSSR count). The van der Waals surface area contributed by atoms with E-state index < -0.39 is 0 Å². The first kappa shape index (κ1) is 16.7. The van der Waals surface area contributed by atoms with Gasteiger partial charge in [-0.3, -0.25) is 4.79 Å². The minimum absolute atomic E-state index is 0.0832. The maximum absolute atomic E-state index is 12.6. The quantitative estimate of drug-likeness (QED) is 0.786. The van der Waals surface area contributed by atoms with Gasteiger partial charge in [-0.25, -0.2) is 0 Å². The van der Waals surface area contributed by atoms with Crippen molar-refractivity contribution in [3.05, 3.63) is 23.8 Å². The Labute approximate surface area is 125 Å². The average Bonchev–Trinajstić information content (AvgIpc) is 2.44. The molecule has 0 aliphatic carbocycles. The zero-order valence-corrected chi connectivity index (χ0v) is 13.5. The molecule has 0 aromatic heterocycles. The van der Waals surface area contributed by atoms with E-state index in [1.54, 1.807) is 34.9 Å². The fourth-order valence-electron chi connectivity index (χ4n) is 1.91. The van der Waals surface area contributed by atoms with E-state index in [-0.39, 0.29) is 11.9 Å². The number of anilines is 1. The second-order valence-corrected chi connectivity index (χ2v) is 5.69. The van der Waals surface area contributed by atoms with Gasteiger partial charge in [0.25, 0.3) is 5.91 Å². The van der Waals surface area contributed by atoms with E-state index in [1.807, 2.05) is 20.9 Å². The van der Waals surface area contributed by atoms with Crippen molar-refractivity contribution in [2.45, 2.75) is 26.3 Å². The van der Waals surface area contributed by atoms with Gasteiger partial charge in [-0.1, -0.05) is 6.07 Å². The molecule has 0 fully saturated rings. The molecule has 0 bridgehead atoms. The summed E-state index contributed by atoms with van der Waals surface area (Å²) in [7, 11) is 1.81. The van der Waals surface area contributed by atoms with Crippen molar-refractivity contribution in [1.29, 1.82) is 0 Å². The second-order valence-electron chi connectivity index (χ2n) is 4.70. The lowest BCUT2D eigenvalue weighted by molar-refractivity contribution is 0.0738. The lowest BCUT2D eigenvalue weighted by Crippen LogP contribution is -2.36. The van der Waals surface area contributed by atoms with Gasteiger partial charge in [-0.2, -0.15) is 11.8 Å². The fourth-order valence-corrected chi connectivity index (χ4v) is 2.49. The van der Waals surface area contributed by atoms with E-state index >= 15 is 0 Å². The molecule has 20 heavy (non-hydrogen) atoms. The van der Waals surface area contributed by atoms with Gasteiger partial charge in [0.05, 0.1) is 6.61 Å². The third-order valence-electron chi connectivity index (χ3n) is 3.29. The van der Waals surface area contributed by atoms with Gasteiger partial charge in [-0.15, -0.1) is 0 Å². The summed E-state index contributed by atoms with van der Waals surface area (Å²) in [5.41, 5.74) is 6.89. The minimum Gasteiger partial charge on any atom is -0.493 e. The highest BCUT2D eigenvalue weighted by atomic mass is 32.2. The highest BCUT2D eigenvalue weighted by Crippen LogP contribution is 2.26. The summed E-state index contributed by atoms with van der Waals surface area (Å²) in [5.74, 6) is 1.50. The maximum Gasteiger partial charge on any atom is 0.259 e. The molecule has 0 heterocycles. The van der Waals surface area contributed by atoms with Crippen LogP contribution in [0.25, 0.3) is 0 Å². The van der Waals surface area contributed by atoms with E-state index in [0.717, 1.165) is 12.2 Å². The Hall–Kier alpha value is -1.36. The van der Waals surface area contributed by atoms with Crippen LogP contribution in [0.3, 0.4) is 0 Å². The monoisotopic (exact) mass is 296 g/mol. The van der Waals surface area contributed by atoms with Crippen molar-refractivity contribution in [2.75, 3.05) is 31.4 Å². The molecule has 5 heteroatoms. The van der Waals surface area contributed by atoms with Gasteiger partial charge in [0.15, 0.2) is 0 Å². The Kier molecular flexibility index (Phi) is 6.71. The Balaban J connectivity index is 2.96. The smallest absolute Gasteiger partial charge is 0.259 e. The fraction of sp³-hybridized carbons (Fsp3) is 0.533. The lowest BCUT2D eigenvalue weighted by atomic mass is 10.1. The summed E-state index contributed by atoms with van der Waals surface area (Å²) in [6, 6.07) is 5.49. The number of hydrogen-bond donors (Lipinski definition) is 1. The average molecular weight is 296 g/mol. The predicted molar refractivity (Wildman–Crippen MR) is 86.6 cm³/mol. The Morgan fingerprint density at radius 3 is 2.80 bits per heavy atom. The van der Waals surface area contributed by atoms with Crippen molar-refractivity contribution < 1.29 is 9.53 Å². The van der Waals surface area contributed by atoms with Crippen molar-refractivity contribution in [3.63, 3.8) is 0 Å². The number of nitrogen functional groups attached to an aromatic ring is 1. The number of carbonyl (C=O) groups is 1. The largest absolute Gasteiger partial charge is 0.493 e. The van der Waals surface area contributed by atoms with Gasteiger partial charge in [0.2, 0.25) is 0 Å². The zero-order valence-electron chi connectivity index (χ0n) is 12.7. The van der Waals surface area contributed by atoms with Crippen LogP contribution in [0, 0.1) is 0 Å². The number of thioether (sulfide) groups is 1. The topological polar surface area (TPSA) is 55.6 Å². The summed E-state index contributed by atoms with van der Waals surface area (Å²) >= 11 is 1.78. The predicted octanol–water partition coefficient (Wildman–Crippen LogP) is 2.88. The molecule has 0 saturated carbocycles. The van der Waals surface area contributed by atoms with Crippen molar-refractivity contribution in [2.24, 2.45) is 0 Å². The molecule has 2 N–H and O–H groups in total. The first-order valence-corrected chi connectivity index (χ1v) is 8.19. The van der Waals surface area contributed by atoms with Crippen LogP contribution < -0.4 is 10.5 Å². The summed E-state index contributed by atoms with van der Waals surface area (Å²) in [5, 5.41) is 0. The highest BCUT2D eigenvalue weighted by molar-refractivity contribution is 7.98. The summed E-state index contributed by atoms with van der Waals surface area (Å²) < 4.78 is 5.52. The molecule has 112 valence electrons. The number of nitrogens with two attached hydrogens (primary N) is 1. The van der Waals surface area contributed by atoms with Gasteiger partial charge in [-0.05, 0) is 44.4 Å². The number of carbonyl (C=O) groups excluding carboxylic acids is 1. The van der Waals surface area contributed by atoms with Crippen LogP contribution in [0.5, 0.6) is 5.75 Å². The molecule has 4 nitrogen and oxygen atoms in total. The summed E-state index contributed by atoms with van der Waals surface area (Å²) in [4.78, 5) is 14.4. The van der Waals surface area contributed by atoms with Gasteiger partial charge in [0, 0.05) is 18.8 Å². The van der Waals surface area contributed by atoms with Crippen LogP contribution >= 0.6 is 11.8 Å². The van der Waals surface area contributed by atoms with Crippen LogP contribution in [0.2, 0.25) is 0 Å². The molecule has 0 aliphatic heterocycles. The summed E-state index contributed by atoms with van der Waals surface area (Å²) in [6.07, 6.45) is 3.02. The molecule has 0 radical (unpaired) electrons. The van der Waals surface area contributed by atoms with Crippen LogP contribution in [0.15, 0.2) is 18.2 Å².